The van der Waals surface area contributed by atoms with Crippen molar-refractivity contribution in [1.82, 2.24) is 0 Å². The second-order valence-electron chi connectivity index (χ2n) is 4.96. The van der Waals surface area contributed by atoms with E-state index in [0.29, 0.717) is 6.42 Å². The van der Waals surface area contributed by atoms with Gasteiger partial charge in [0.05, 0.1) is 5.41 Å². The maximum atomic E-state index is 11.6. The molecule has 0 amide bonds. The van der Waals surface area contributed by atoms with Gasteiger partial charge in [-0.25, -0.2) is 0 Å². The van der Waals surface area contributed by atoms with Crippen molar-refractivity contribution in [3.63, 3.8) is 0 Å². The minimum absolute atomic E-state index is 0.245. The van der Waals surface area contributed by atoms with E-state index in [1.807, 2.05) is 0 Å². The highest BCUT2D eigenvalue weighted by atomic mass is 16.6. The molecule has 1 aliphatic carbocycles. The molecule has 2 unspecified atom stereocenters. The van der Waals surface area contributed by atoms with Gasteiger partial charge in [-0.2, -0.15) is 0 Å². The average Bonchev–Trinajstić information content (AvgIpc) is 2.49. The summed E-state index contributed by atoms with van der Waals surface area (Å²) in [5.74, 6) is -0.567. The summed E-state index contributed by atoms with van der Waals surface area (Å²) < 4.78 is 10.3. The van der Waals surface area contributed by atoms with Crippen LogP contribution in [0.3, 0.4) is 0 Å². The van der Waals surface area contributed by atoms with Crippen LogP contribution in [0.5, 0.6) is 0 Å². The number of hydrogen-bond donors (Lipinski definition) is 0. The van der Waals surface area contributed by atoms with Gasteiger partial charge in [0.25, 0.3) is 0 Å². The molecule has 0 saturated carbocycles. The lowest BCUT2D eigenvalue weighted by Gasteiger charge is -2.20. The van der Waals surface area contributed by atoms with Gasteiger partial charge in [-0.3, -0.25) is 9.59 Å². The average molecular weight is 226 g/mol. The zero-order valence-corrected chi connectivity index (χ0v) is 10.1. The monoisotopic (exact) mass is 226 g/mol. The number of hydrogen-bond acceptors (Lipinski definition) is 4. The van der Waals surface area contributed by atoms with Gasteiger partial charge in [-0.15, -0.1) is 0 Å². The van der Waals surface area contributed by atoms with Crippen molar-refractivity contribution in [2.45, 2.75) is 46.3 Å². The molecule has 0 aliphatic heterocycles. The molecule has 0 radical (unpaired) electrons. The molecular weight excluding hydrogens is 208 g/mol. The third kappa shape index (κ3) is 3.68. The maximum absolute atomic E-state index is 11.6. The van der Waals surface area contributed by atoms with Crippen LogP contribution in [-0.4, -0.2) is 24.1 Å². The fourth-order valence-corrected chi connectivity index (χ4v) is 1.34. The topological polar surface area (TPSA) is 52.6 Å². The quantitative estimate of drug-likeness (QED) is 0.532. The van der Waals surface area contributed by atoms with Crippen LogP contribution in [0.1, 0.15) is 34.1 Å². The van der Waals surface area contributed by atoms with E-state index >= 15 is 0 Å². The van der Waals surface area contributed by atoms with Crippen LogP contribution < -0.4 is 0 Å². The molecule has 4 heteroatoms. The summed E-state index contributed by atoms with van der Waals surface area (Å²) in [5.41, 5.74) is -0.507. The largest absolute Gasteiger partial charge is 0.458 e. The van der Waals surface area contributed by atoms with E-state index in [-0.39, 0.29) is 24.1 Å². The predicted octanol–water partition coefficient (Wildman–Crippen LogP) is 1.84. The van der Waals surface area contributed by atoms with Gasteiger partial charge in [-0.1, -0.05) is 0 Å². The zero-order chi connectivity index (χ0) is 12.3. The maximum Gasteiger partial charge on any atom is 0.311 e. The highest BCUT2D eigenvalue weighted by Gasteiger charge is 2.29. The first-order chi connectivity index (χ1) is 7.29. The number of carbonyl (C=O) groups is 2. The Labute approximate surface area is 95.6 Å². The first-order valence-corrected chi connectivity index (χ1v) is 5.35. The third-order valence-corrected chi connectivity index (χ3v) is 2.19. The second-order valence-corrected chi connectivity index (χ2v) is 4.96. The van der Waals surface area contributed by atoms with Gasteiger partial charge in [0, 0.05) is 13.3 Å². The highest BCUT2D eigenvalue weighted by Crippen LogP contribution is 2.22. The number of carbonyl (C=O) groups excluding carboxylic acids is 2. The molecule has 1 rings (SSSR count). The van der Waals surface area contributed by atoms with E-state index in [0.717, 1.165) is 0 Å². The molecule has 0 aromatic rings. The fraction of sp³-hybridized carbons (Fsp3) is 0.667. The van der Waals surface area contributed by atoms with Crippen molar-refractivity contribution in [2.75, 3.05) is 0 Å². The number of rotatable bonds is 2. The molecular formula is C12H18O4. The molecule has 0 bridgehead atoms. The molecule has 0 saturated heterocycles. The molecule has 4 nitrogen and oxygen atoms in total. The molecule has 0 aromatic heterocycles. The standard InChI is InChI=1S/C12H18O4/c1-8(13)15-9-5-6-10(7-9)16-11(14)12(2,3)4/h5-6,9-10H,7H2,1-4H3. The summed E-state index contributed by atoms with van der Waals surface area (Å²) in [6, 6.07) is 0. The van der Waals surface area contributed by atoms with E-state index in [9.17, 15) is 9.59 Å². The molecule has 0 fully saturated rings. The first kappa shape index (κ1) is 12.7. The van der Waals surface area contributed by atoms with Crippen LogP contribution in [0.4, 0.5) is 0 Å². The highest BCUT2D eigenvalue weighted by molar-refractivity contribution is 5.75. The van der Waals surface area contributed by atoms with Crippen molar-refractivity contribution < 1.29 is 19.1 Å². The summed E-state index contributed by atoms with van der Waals surface area (Å²) in [6.07, 6.45) is 3.48. The van der Waals surface area contributed by atoms with Crippen LogP contribution in [0.15, 0.2) is 12.2 Å². The van der Waals surface area contributed by atoms with Gasteiger partial charge in [0.2, 0.25) is 0 Å². The van der Waals surface area contributed by atoms with Crippen LogP contribution in [0.25, 0.3) is 0 Å². The van der Waals surface area contributed by atoms with E-state index in [2.05, 4.69) is 0 Å². The predicted molar refractivity (Wildman–Crippen MR) is 58.6 cm³/mol. The molecule has 0 heterocycles. The Morgan fingerprint density at radius 1 is 1.12 bits per heavy atom. The van der Waals surface area contributed by atoms with Crippen LogP contribution >= 0.6 is 0 Å². The molecule has 1 aliphatic rings. The van der Waals surface area contributed by atoms with E-state index < -0.39 is 5.41 Å². The molecule has 2 atom stereocenters. The summed E-state index contributed by atoms with van der Waals surface area (Å²) in [4.78, 5) is 22.3. The Balaban J connectivity index is 2.41. The van der Waals surface area contributed by atoms with Crippen molar-refractivity contribution in [1.29, 1.82) is 0 Å². The lowest BCUT2D eigenvalue weighted by atomic mass is 9.97. The summed E-state index contributed by atoms with van der Waals surface area (Å²) in [6.45, 7) is 6.77. The summed E-state index contributed by atoms with van der Waals surface area (Å²) in [7, 11) is 0. The Kier molecular flexibility index (Phi) is 3.73. The van der Waals surface area contributed by atoms with Crippen molar-refractivity contribution in [2.24, 2.45) is 5.41 Å². The summed E-state index contributed by atoms with van der Waals surface area (Å²) >= 11 is 0. The van der Waals surface area contributed by atoms with Gasteiger partial charge >= 0.3 is 11.9 Å². The Bertz CT molecular complexity index is 311. The van der Waals surface area contributed by atoms with Crippen molar-refractivity contribution in [3.05, 3.63) is 12.2 Å². The Morgan fingerprint density at radius 3 is 2.06 bits per heavy atom. The van der Waals surface area contributed by atoms with Crippen molar-refractivity contribution >= 4 is 11.9 Å². The van der Waals surface area contributed by atoms with E-state index in [4.69, 9.17) is 9.47 Å². The lowest BCUT2D eigenvalue weighted by Crippen LogP contribution is -2.27. The normalized spacial score (nSPS) is 24.2. The molecule has 0 N–H and O–H groups in total. The van der Waals surface area contributed by atoms with E-state index in [1.165, 1.54) is 6.92 Å². The van der Waals surface area contributed by atoms with Gasteiger partial charge in [-0.05, 0) is 32.9 Å². The Hall–Kier alpha value is -1.32. The van der Waals surface area contributed by atoms with Crippen LogP contribution in [0, 0.1) is 5.41 Å². The molecule has 0 aromatic carbocycles. The van der Waals surface area contributed by atoms with E-state index in [1.54, 1.807) is 32.9 Å². The summed E-state index contributed by atoms with van der Waals surface area (Å²) in [5, 5.41) is 0. The third-order valence-electron chi connectivity index (χ3n) is 2.19. The molecule has 0 spiro atoms. The second kappa shape index (κ2) is 4.68. The van der Waals surface area contributed by atoms with Gasteiger partial charge in [0.1, 0.15) is 12.2 Å². The van der Waals surface area contributed by atoms with Crippen LogP contribution in [0.2, 0.25) is 0 Å². The first-order valence-electron chi connectivity index (χ1n) is 5.35. The van der Waals surface area contributed by atoms with Gasteiger partial charge < -0.3 is 9.47 Å². The minimum atomic E-state index is -0.507. The van der Waals surface area contributed by atoms with Gasteiger partial charge in [0.15, 0.2) is 0 Å². The number of esters is 2. The fourth-order valence-electron chi connectivity index (χ4n) is 1.34. The smallest absolute Gasteiger partial charge is 0.311 e. The zero-order valence-electron chi connectivity index (χ0n) is 10.1. The van der Waals surface area contributed by atoms with Crippen LogP contribution in [-0.2, 0) is 19.1 Å². The molecule has 90 valence electrons. The lowest BCUT2D eigenvalue weighted by molar-refractivity contribution is -0.157. The SMILES string of the molecule is CC(=O)OC1C=CC(OC(=O)C(C)(C)C)C1. The van der Waals surface area contributed by atoms with Crippen molar-refractivity contribution in [3.8, 4) is 0 Å². The number of ether oxygens (including phenoxy) is 2. The molecule has 16 heavy (non-hydrogen) atoms. The Morgan fingerprint density at radius 2 is 1.62 bits per heavy atom. The minimum Gasteiger partial charge on any atom is -0.458 e.